The van der Waals surface area contributed by atoms with Gasteiger partial charge < -0.3 is 9.88 Å². The Labute approximate surface area is 113 Å². The van der Waals surface area contributed by atoms with Crippen LogP contribution in [0.3, 0.4) is 0 Å². The number of nitrogens with zero attached hydrogens (tertiary/aromatic N) is 2. The number of benzene rings is 1. The van der Waals surface area contributed by atoms with Crippen molar-refractivity contribution >= 4 is 0 Å². The number of aryl methyl sites for hydroxylation is 1. The second-order valence-electron chi connectivity index (χ2n) is 5.08. The molecule has 102 valence electrons. The van der Waals surface area contributed by atoms with E-state index in [4.69, 9.17) is 0 Å². The highest BCUT2D eigenvalue weighted by atomic mass is 19.1. The Hall–Kier alpha value is -1.68. The molecule has 0 saturated carbocycles. The van der Waals surface area contributed by atoms with Crippen LogP contribution in [0.4, 0.5) is 4.39 Å². The average Bonchev–Trinajstić information content (AvgIpc) is 2.86. The van der Waals surface area contributed by atoms with Crippen molar-refractivity contribution in [1.29, 1.82) is 0 Å². The van der Waals surface area contributed by atoms with Crippen LogP contribution in [0, 0.1) is 18.7 Å². The lowest BCUT2D eigenvalue weighted by atomic mass is 10.1. The van der Waals surface area contributed by atoms with Crippen molar-refractivity contribution in [2.24, 2.45) is 5.92 Å². The SMILES string of the molecule is Cc1cc(CNCC(C)Cn2ccnc2)ccc1F. The summed E-state index contributed by atoms with van der Waals surface area (Å²) in [6.07, 6.45) is 5.60. The first kappa shape index (κ1) is 13.7. The smallest absolute Gasteiger partial charge is 0.126 e. The van der Waals surface area contributed by atoms with Gasteiger partial charge in [0.05, 0.1) is 6.33 Å². The topological polar surface area (TPSA) is 29.9 Å². The second-order valence-corrected chi connectivity index (χ2v) is 5.08. The summed E-state index contributed by atoms with van der Waals surface area (Å²) in [4.78, 5) is 4.03. The molecule has 1 heterocycles. The van der Waals surface area contributed by atoms with Gasteiger partial charge in [-0.05, 0) is 36.6 Å². The van der Waals surface area contributed by atoms with E-state index in [1.54, 1.807) is 13.1 Å². The number of imidazole rings is 1. The number of nitrogens with one attached hydrogen (secondary N) is 1. The molecule has 3 nitrogen and oxygen atoms in total. The van der Waals surface area contributed by atoms with Crippen molar-refractivity contribution in [1.82, 2.24) is 14.9 Å². The van der Waals surface area contributed by atoms with Gasteiger partial charge in [-0.2, -0.15) is 0 Å². The third-order valence-electron chi connectivity index (χ3n) is 3.13. The lowest BCUT2D eigenvalue weighted by Crippen LogP contribution is -2.23. The fraction of sp³-hybridized carbons (Fsp3) is 0.400. The molecule has 1 atom stereocenters. The highest BCUT2D eigenvalue weighted by Gasteiger charge is 2.03. The van der Waals surface area contributed by atoms with E-state index in [1.165, 1.54) is 6.07 Å². The van der Waals surface area contributed by atoms with Crippen molar-refractivity contribution in [3.8, 4) is 0 Å². The molecule has 0 fully saturated rings. The molecule has 0 bridgehead atoms. The summed E-state index contributed by atoms with van der Waals surface area (Å²) < 4.78 is 15.2. The fourth-order valence-electron chi connectivity index (χ4n) is 2.10. The van der Waals surface area contributed by atoms with Crippen LogP contribution in [-0.2, 0) is 13.1 Å². The van der Waals surface area contributed by atoms with Crippen molar-refractivity contribution < 1.29 is 4.39 Å². The zero-order chi connectivity index (χ0) is 13.7. The molecule has 19 heavy (non-hydrogen) atoms. The molecule has 0 aliphatic rings. The lowest BCUT2D eigenvalue weighted by molar-refractivity contribution is 0.445. The highest BCUT2D eigenvalue weighted by Crippen LogP contribution is 2.09. The van der Waals surface area contributed by atoms with Gasteiger partial charge in [0.1, 0.15) is 5.82 Å². The maximum atomic E-state index is 13.1. The van der Waals surface area contributed by atoms with E-state index in [9.17, 15) is 4.39 Å². The van der Waals surface area contributed by atoms with Crippen molar-refractivity contribution in [2.75, 3.05) is 6.54 Å². The molecule has 0 aliphatic carbocycles. The second kappa shape index (κ2) is 6.48. The van der Waals surface area contributed by atoms with Gasteiger partial charge in [-0.3, -0.25) is 0 Å². The number of aromatic nitrogens is 2. The van der Waals surface area contributed by atoms with Gasteiger partial charge in [-0.15, -0.1) is 0 Å². The minimum absolute atomic E-state index is 0.141. The molecule has 1 unspecified atom stereocenters. The molecule has 0 amide bonds. The van der Waals surface area contributed by atoms with Crippen LogP contribution in [0.15, 0.2) is 36.9 Å². The predicted molar refractivity (Wildman–Crippen MR) is 74.2 cm³/mol. The summed E-state index contributed by atoms with van der Waals surface area (Å²) in [7, 11) is 0. The van der Waals surface area contributed by atoms with E-state index >= 15 is 0 Å². The predicted octanol–water partition coefficient (Wildman–Crippen LogP) is 2.76. The van der Waals surface area contributed by atoms with E-state index < -0.39 is 0 Å². The monoisotopic (exact) mass is 261 g/mol. The first-order valence-corrected chi connectivity index (χ1v) is 6.56. The van der Waals surface area contributed by atoms with E-state index in [1.807, 2.05) is 24.7 Å². The molecule has 0 spiro atoms. The van der Waals surface area contributed by atoms with Crippen LogP contribution < -0.4 is 5.32 Å². The zero-order valence-electron chi connectivity index (χ0n) is 11.4. The third-order valence-corrected chi connectivity index (χ3v) is 3.13. The van der Waals surface area contributed by atoms with Crippen LogP contribution in [0.25, 0.3) is 0 Å². The lowest BCUT2D eigenvalue weighted by Gasteiger charge is -2.13. The van der Waals surface area contributed by atoms with Crippen molar-refractivity contribution in [3.63, 3.8) is 0 Å². The third kappa shape index (κ3) is 4.17. The Balaban J connectivity index is 1.75. The summed E-state index contributed by atoms with van der Waals surface area (Å²) in [6.45, 7) is 6.64. The number of rotatable bonds is 6. The summed E-state index contributed by atoms with van der Waals surface area (Å²) in [5.74, 6) is 0.382. The summed E-state index contributed by atoms with van der Waals surface area (Å²) in [6, 6.07) is 5.25. The van der Waals surface area contributed by atoms with Crippen molar-refractivity contribution in [3.05, 3.63) is 53.9 Å². The molecule has 2 aromatic rings. The first-order chi connectivity index (χ1) is 9.15. The zero-order valence-corrected chi connectivity index (χ0v) is 11.4. The largest absolute Gasteiger partial charge is 0.337 e. The summed E-state index contributed by atoms with van der Waals surface area (Å²) >= 11 is 0. The van der Waals surface area contributed by atoms with Gasteiger partial charge in [-0.1, -0.05) is 19.1 Å². The quantitative estimate of drug-likeness (QED) is 0.866. The minimum atomic E-state index is -0.141. The summed E-state index contributed by atoms with van der Waals surface area (Å²) in [5.41, 5.74) is 1.82. The fourth-order valence-corrected chi connectivity index (χ4v) is 2.10. The molecule has 2 rings (SSSR count). The van der Waals surface area contributed by atoms with Crippen LogP contribution in [-0.4, -0.2) is 16.1 Å². The highest BCUT2D eigenvalue weighted by molar-refractivity contribution is 5.23. The Morgan fingerprint density at radius 1 is 1.42 bits per heavy atom. The van der Waals surface area contributed by atoms with E-state index in [0.29, 0.717) is 11.5 Å². The van der Waals surface area contributed by atoms with Gasteiger partial charge >= 0.3 is 0 Å². The van der Waals surface area contributed by atoms with Gasteiger partial charge in [0.15, 0.2) is 0 Å². The Bertz CT molecular complexity index is 508. The minimum Gasteiger partial charge on any atom is -0.337 e. The van der Waals surface area contributed by atoms with Crippen LogP contribution >= 0.6 is 0 Å². The maximum Gasteiger partial charge on any atom is 0.126 e. The Morgan fingerprint density at radius 3 is 2.95 bits per heavy atom. The molecule has 0 aliphatic heterocycles. The molecular formula is C15H20FN3. The first-order valence-electron chi connectivity index (χ1n) is 6.56. The molecule has 1 aromatic carbocycles. The van der Waals surface area contributed by atoms with Crippen molar-refractivity contribution in [2.45, 2.75) is 26.9 Å². The van der Waals surface area contributed by atoms with Gasteiger partial charge in [-0.25, -0.2) is 9.37 Å². The molecular weight excluding hydrogens is 241 g/mol. The van der Waals surface area contributed by atoms with Crippen LogP contribution in [0.5, 0.6) is 0 Å². The Morgan fingerprint density at radius 2 is 2.26 bits per heavy atom. The van der Waals surface area contributed by atoms with Crippen LogP contribution in [0.2, 0.25) is 0 Å². The standard InChI is InChI=1S/C15H20FN3/c1-12(10-19-6-5-17-11-19)8-18-9-14-3-4-15(16)13(2)7-14/h3-7,11-12,18H,8-10H2,1-2H3. The number of hydrogen-bond acceptors (Lipinski definition) is 2. The van der Waals surface area contributed by atoms with E-state index in [-0.39, 0.29) is 5.82 Å². The number of hydrogen-bond donors (Lipinski definition) is 1. The van der Waals surface area contributed by atoms with Gasteiger partial charge in [0.2, 0.25) is 0 Å². The molecule has 1 aromatic heterocycles. The van der Waals surface area contributed by atoms with Crippen LogP contribution in [0.1, 0.15) is 18.1 Å². The van der Waals surface area contributed by atoms with E-state index in [0.717, 1.165) is 25.2 Å². The normalized spacial score (nSPS) is 12.6. The van der Waals surface area contributed by atoms with E-state index in [2.05, 4.69) is 21.8 Å². The molecule has 4 heteroatoms. The van der Waals surface area contributed by atoms with Gasteiger partial charge in [0, 0.05) is 25.5 Å². The maximum absolute atomic E-state index is 13.1. The average molecular weight is 261 g/mol. The summed E-state index contributed by atoms with van der Waals surface area (Å²) in [5, 5.41) is 3.40. The molecule has 1 N–H and O–H groups in total. The number of halogens is 1. The molecule has 0 radical (unpaired) electrons. The molecule has 0 saturated heterocycles. The Kier molecular flexibility index (Phi) is 4.68. The van der Waals surface area contributed by atoms with Gasteiger partial charge in [0.25, 0.3) is 0 Å².